The molecule has 6 heteroatoms. The number of likely N-dealkylation sites (tertiary alicyclic amines) is 1. The molecule has 5 nitrogen and oxygen atoms in total. The van der Waals surface area contributed by atoms with E-state index in [1.165, 1.54) is 0 Å². The Balaban J connectivity index is 1.83. The van der Waals surface area contributed by atoms with Gasteiger partial charge in [-0.1, -0.05) is 0 Å². The predicted molar refractivity (Wildman–Crippen MR) is 72.0 cm³/mol. The first-order chi connectivity index (χ1) is 9.20. The Hall–Kier alpha value is -1.62. The van der Waals surface area contributed by atoms with E-state index in [4.69, 9.17) is 11.6 Å². The van der Waals surface area contributed by atoms with E-state index in [0.29, 0.717) is 18.7 Å². The van der Waals surface area contributed by atoms with E-state index in [-0.39, 0.29) is 23.7 Å². The zero-order valence-corrected chi connectivity index (χ0v) is 11.3. The topological polar surface area (TPSA) is 62.3 Å². The van der Waals surface area contributed by atoms with Crippen LogP contribution in [0.1, 0.15) is 23.2 Å². The lowest BCUT2D eigenvalue weighted by molar-refractivity contribution is -0.129. The Labute approximate surface area is 117 Å². The maximum absolute atomic E-state index is 11.9. The number of hydrogen-bond donors (Lipinski definition) is 1. The Morgan fingerprint density at radius 1 is 1.32 bits per heavy atom. The molecule has 102 valence electrons. The lowest BCUT2D eigenvalue weighted by Gasteiger charge is -2.32. The van der Waals surface area contributed by atoms with Crippen molar-refractivity contribution in [1.29, 1.82) is 0 Å². The highest BCUT2D eigenvalue weighted by Gasteiger charge is 2.23. The zero-order valence-electron chi connectivity index (χ0n) is 10.5. The molecule has 0 radical (unpaired) electrons. The van der Waals surface area contributed by atoms with Crippen molar-refractivity contribution in [3.8, 4) is 0 Å². The van der Waals surface area contributed by atoms with Crippen molar-refractivity contribution in [2.75, 3.05) is 19.0 Å². The minimum atomic E-state index is -0.0930. The average molecular weight is 282 g/mol. The van der Waals surface area contributed by atoms with Crippen LogP contribution in [0.5, 0.6) is 0 Å². The molecule has 2 heterocycles. The summed E-state index contributed by atoms with van der Waals surface area (Å²) in [5, 5.41) is 2.97. The van der Waals surface area contributed by atoms with Crippen molar-refractivity contribution in [1.82, 2.24) is 15.2 Å². The fraction of sp³-hybridized carbons (Fsp3) is 0.462. The highest BCUT2D eigenvalue weighted by molar-refractivity contribution is 6.27. The van der Waals surface area contributed by atoms with Crippen molar-refractivity contribution < 1.29 is 9.59 Å². The summed E-state index contributed by atoms with van der Waals surface area (Å²) < 4.78 is 0. The molecule has 1 aliphatic rings. The minimum absolute atomic E-state index is 0.0219. The van der Waals surface area contributed by atoms with E-state index in [0.717, 1.165) is 12.8 Å². The second-order valence-electron chi connectivity index (χ2n) is 4.50. The molecular weight excluding hydrogens is 266 g/mol. The van der Waals surface area contributed by atoms with Crippen LogP contribution in [0.3, 0.4) is 0 Å². The van der Waals surface area contributed by atoms with Crippen molar-refractivity contribution >= 4 is 23.4 Å². The van der Waals surface area contributed by atoms with E-state index in [1.54, 1.807) is 29.4 Å². The number of rotatable bonds is 3. The molecule has 0 spiro atoms. The predicted octanol–water partition coefficient (Wildman–Crippen LogP) is 1.04. The first-order valence-electron chi connectivity index (χ1n) is 6.25. The van der Waals surface area contributed by atoms with Gasteiger partial charge in [-0.15, -0.1) is 11.6 Å². The van der Waals surface area contributed by atoms with E-state index in [1.807, 2.05) is 0 Å². The van der Waals surface area contributed by atoms with Gasteiger partial charge in [0.15, 0.2) is 0 Å². The number of piperidine rings is 1. The summed E-state index contributed by atoms with van der Waals surface area (Å²) in [7, 11) is 0. The number of halogens is 1. The molecule has 0 aromatic carbocycles. The van der Waals surface area contributed by atoms with E-state index in [9.17, 15) is 9.59 Å². The van der Waals surface area contributed by atoms with Gasteiger partial charge >= 0.3 is 0 Å². The quantitative estimate of drug-likeness (QED) is 0.842. The first kappa shape index (κ1) is 13.8. The average Bonchev–Trinajstić information content (AvgIpc) is 2.48. The molecule has 2 amide bonds. The van der Waals surface area contributed by atoms with Gasteiger partial charge in [0, 0.05) is 37.1 Å². The lowest BCUT2D eigenvalue weighted by Crippen LogP contribution is -2.46. The maximum Gasteiger partial charge on any atom is 0.251 e. The summed E-state index contributed by atoms with van der Waals surface area (Å²) in [4.78, 5) is 29.0. The van der Waals surface area contributed by atoms with Crippen LogP contribution < -0.4 is 5.32 Å². The molecule has 1 aliphatic heterocycles. The number of pyridine rings is 1. The molecule has 0 aliphatic carbocycles. The van der Waals surface area contributed by atoms with Gasteiger partial charge in [-0.25, -0.2) is 0 Å². The molecule has 1 aromatic rings. The van der Waals surface area contributed by atoms with Gasteiger partial charge in [-0.2, -0.15) is 0 Å². The van der Waals surface area contributed by atoms with Crippen molar-refractivity contribution in [3.63, 3.8) is 0 Å². The number of carbonyl (C=O) groups excluding carboxylic acids is 2. The van der Waals surface area contributed by atoms with Crippen LogP contribution in [0.4, 0.5) is 0 Å². The molecule has 19 heavy (non-hydrogen) atoms. The van der Waals surface area contributed by atoms with Gasteiger partial charge in [-0.3, -0.25) is 14.6 Å². The molecule has 0 unspecified atom stereocenters. The second-order valence-corrected chi connectivity index (χ2v) is 4.77. The Kier molecular flexibility index (Phi) is 4.74. The van der Waals surface area contributed by atoms with Crippen molar-refractivity contribution in [2.45, 2.75) is 18.9 Å². The summed E-state index contributed by atoms with van der Waals surface area (Å²) in [5.41, 5.74) is 0.606. The summed E-state index contributed by atoms with van der Waals surface area (Å²) >= 11 is 5.52. The van der Waals surface area contributed by atoms with E-state index >= 15 is 0 Å². The van der Waals surface area contributed by atoms with Gasteiger partial charge in [0.05, 0.1) is 0 Å². The number of nitrogens with zero attached hydrogens (tertiary/aromatic N) is 2. The minimum Gasteiger partial charge on any atom is -0.349 e. The summed E-state index contributed by atoms with van der Waals surface area (Å²) in [6.07, 6.45) is 4.71. The standard InChI is InChI=1S/C13H16ClN3O2/c14-9-12(18)17-7-3-11(4-8-17)16-13(19)10-1-5-15-6-2-10/h1-2,5-6,11H,3-4,7-9H2,(H,16,19). The van der Waals surface area contributed by atoms with Crippen LogP contribution in [0.15, 0.2) is 24.5 Å². The molecule has 1 saturated heterocycles. The van der Waals surface area contributed by atoms with Crippen LogP contribution in [-0.2, 0) is 4.79 Å². The SMILES string of the molecule is O=C(NC1CCN(C(=O)CCl)CC1)c1ccncc1. The first-order valence-corrected chi connectivity index (χ1v) is 6.79. The number of amides is 2. The number of alkyl halides is 1. The molecule has 0 atom stereocenters. The second kappa shape index (κ2) is 6.52. The summed E-state index contributed by atoms with van der Waals surface area (Å²) in [6, 6.07) is 3.48. The fourth-order valence-corrected chi connectivity index (χ4v) is 2.30. The molecule has 1 fully saturated rings. The van der Waals surface area contributed by atoms with Gasteiger partial charge in [0.2, 0.25) is 5.91 Å². The van der Waals surface area contributed by atoms with E-state index < -0.39 is 0 Å². The number of carbonyl (C=O) groups is 2. The van der Waals surface area contributed by atoms with Crippen LogP contribution >= 0.6 is 11.6 Å². The molecule has 0 bridgehead atoms. The molecule has 0 saturated carbocycles. The molecular formula is C13H16ClN3O2. The maximum atomic E-state index is 11.9. The smallest absolute Gasteiger partial charge is 0.251 e. The molecule has 2 rings (SSSR count). The van der Waals surface area contributed by atoms with E-state index in [2.05, 4.69) is 10.3 Å². The summed E-state index contributed by atoms with van der Waals surface area (Å²) in [6.45, 7) is 1.29. The Morgan fingerprint density at radius 2 is 1.95 bits per heavy atom. The molecule has 1 N–H and O–H groups in total. The Bertz CT molecular complexity index is 444. The third-order valence-corrected chi connectivity index (χ3v) is 3.47. The highest BCUT2D eigenvalue weighted by atomic mass is 35.5. The zero-order chi connectivity index (χ0) is 13.7. The number of hydrogen-bond acceptors (Lipinski definition) is 3. The molecule has 1 aromatic heterocycles. The normalized spacial score (nSPS) is 16.2. The Morgan fingerprint density at radius 3 is 2.53 bits per heavy atom. The lowest BCUT2D eigenvalue weighted by atomic mass is 10.0. The van der Waals surface area contributed by atoms with Crippen LogP contribution in [-0.4, -0.2) is 46.7 Å². The summed E-state index contributed by atoms with van der Waals surface area (Å²) in [5.74, 6) is -0.112. The third kappa shape index (κ3) is 3.67. The van der Waals surface area contributed by atoms with Gasteiger partial charge < -0.3 is 10.2 Å². The van der Waals surface area contributed by atoms with Gasteiger partial charge in [0.25, 0.3) is 5.91 Å². The largest absolute Gasteiger partial charge is 0.349 e. The van der Waals surface area contributed by atoms with Crippen LogP contribution in [0.2, 0.25) is 0 Å². The monoisotopic (exact) mass is 281 g/mol. The van der Waals surface area contributed by atoms with Crippen molar-refractivity contribution in [2.24, 2.45) is 0 Å². The fourth-order valence-electron chi connectivity index (χ4n) is 2.13. The number of nitrogens with one attached hydrogen (secondary N) is 1. The third-order valence-electron chi connectivity index (χ3n) is 3.24. The van der Waals surface area contributed by atoms with Crippen LogP contribution in [0, 0.1) is 0 Å². The number of aromatic nitrogens is 1. The highest BCUT2D eigenvalue weighted by Crippen LogP contribution is 2.11. The van der Waals surface area contributed by atoms with Crippen LogP contribution in [0.25, 0.3) is 0 Å². The van der Waals surface area contributed by atoms with Crippen molar-refractivity contribution in [3.05, 3.63) is 30.1 Å². The van der Waals surface area contributed by atoms with Gasteiger partial charge in [-0.05, 0) is 25.0 Å². The van der Waals surface area contributed by atoms with Gasteiger partial charge in [0.1, 0.15) is 5.88 Å².